The topological polar surface area (TPSA) is 94.9 Å². The second kappa shape index (κ2) is 10.5. The standard InChI is InChI=1S/C22H20ClFN4O4/c1-4-25-20(29)19(28-30-3)14-8-5-6-10-17(14)32-22-18(24)21(26-12-27-22)31-16-11-7-9-15(23)13(16)2/h5-12H,4H2,1-3H3,(H,25,29)/b28-19-. The summed E-state index contributed by atoms with van der Waals surface area (Å²) in [7, 11) is 1.31. The molecule has 10 heteroatoms. The highest BCUT2D eigenvalue weighted by molar-refractivity contribution is 6.45. The molecule has 1 amide bonds. The molecule has 0 saturated heterocycles. The van der Waals surface area contributed by atoms with Gasteiger partial charge in [-0.3, -0.25) is 4.79 Å². The van der Waals surface area contributed by atoms with E-state index >= 15 is 4.39 Å². The zero-order chi connectivity index (χ0) is 23.1. The predicted octanol–water partition coefficient (Wildman–Crippen LogP) is 4.65. The van der Waals surface area contributed by atoms with Crippen LogP contribution in [-0.2, 0) is 9.63 Å². The molecule has 1 heterocycles. The molecule has 8 nitrogen and oxygen atoms in total. The Morgan fingerprint density at radius 3 is 2.44 bits per heavy atom. The Bertz CT molecular complexity index is 1160. The van der Waals surface area contributed by atoms with Crippen molar-refractivity contribution in [1.82, 2.24) is 15.3 Å². The molecule has 3 rings (SSSR count). The highest BCUT2D eigenvalue weighted by atomic mass is 35.5. The third kappa shape index (κ3) is 5.12. The highest BCUT2D eigenvalue weighted by Gasteiger charge is 2.22. The zero-order valence-corrected chi connectivity index (χ0v) is 18.3. The lowest BCUT2D eigenvalue weighted by Crippen LogP contribution is -2.31. The van der Waals surface area contributed by atoms with Crippen molar-refractivity contribution < 1.29 is 23.5 Å². The van der Waals surface area contributed by atoms with Gasteiger partial charge in [0.1, 0.15) is 24.9 Å². The molecule has 0 saturated carbocycles. The van der Waals surface area contributed by atoms with E-state index in [0.717, 1.165) is 6.33 Å². The van der Waals surface area contributed by atoms with Gasteiger partial charge in [-0.25, -0.2) is 0 Å². The van der Waals surface area contributed by atoms with E-state index in [1.807, 2.05) is 0 Å². The lowest BCUT2D eigenvalue weighted by Gasteiger charge is -2.13. The lowest BCUT2D eigenvalue weighted by molar-refractivity contribution is -0.114. The van der Waals surface area contributed by atoms with Gasteiger partial charge in [-0.2, -0.15) is 14.4 Å². The minimum absolute atomic E-state index is 0.0366. The smallest absolute Gasteiger partial charge is 0.274 e. The van der Waals surface area contributed by atoms with Gasteiger partial charge in [-0.05, 0) is 38.1 Å². The molecule has 1 aromatic heterocycles. The van der Waals surface area contributed by atoms with Gasteiger partial charge >= 0.3 is 0 Å². The predicted molar refractivity (Wildman–Crippen MR) is 117 cm³/mol. The first-order chi connectivity index (χ1) is 15.5. The molecule has 0 spiro atoms. The number of ether oxygens (including phenoxy) is 2. The number of hydrogen-bond donors (Lipinski definition) is 1. The van der Waals surface area contributed by atoms with Crippen LogP contribution in [0, 0.1) is 12.7 Å². The number of para-hydroxylation sites is 1. The number of nitrogens with one attached hydrogen (secondary N) is 1. The molecule has 0 aliphatic rings. The summed E-state index contributed by atoms with van der Waals surface area (Å²) >= 11 is 6.09. The summed E-state index contributed by atoms with van der Waals surface area (Å²) in [5, 5.41) is 6.90. The molecule has 0 aliphatic carbocycles. The van der Waals surface area contributed by atoms with Crippen molar-refractivity contribution in [2.24, 2.45) is 5.16 Å². The lowest BCUT2D eigenvalue weighted by atomic mass is 10.1. The van der Waals surface area contributed by atoms with Gasteiger partial charge in [0.15, 0.2) is 5.71 Å². The summed E-state index contributed by atoms with van der Waals surface area (Å²) in [5.41, 5.74) is 0.874. The number of carbonyl (C=O) groups is 1. The fraction of sp³-hybridized carbons (Fsp3) is 0.182. The minimum Gasteiger partial charge on any atom is -0.436 e. The van der Waals surface area contributed by atoms with Crippen molar-refractivity contribution in [3.8, 4) is 23.3 Å². The van der Waals surface area contributed by atoms with Crippen molar-refractivity contribution in [3.05, 3.63) is 70.8 Å². The van der Waals surface area contributed by atoms with Crippen LogP contribution in [0.3, 0.4) is 0 Å². The maximum Gasteiger partial charge on any atom is 0.274 e. The number of aromatic nitrogens is 2. The molecule has 3 aromatic rings. The molecule has 0 unspecified atom stereocenters. The third-order valence-corrected chi connectivity index (χ3v) is 4.64. The molecule has 32 heavy (non-hydrogen) atoms. The van der Waals surface area contributed by atoms with E-state index in [0.29, 0.717) is 22.9 Å². The van der Waals surface area contributed by atoms with Crippen molar-refractivity contribution in [1.29, 1.82) is 0 Å². The number of oxime groups is 1. The summed E-state index contributed by atoms with van der Waals surface area (Å²) in [4.78, 5) is 24.9. The second-order valence-electron chi connectivity index (χ2n) is 6.34. The van der Waals surface area contributed by atoms with E-state index in [2.05, 4.69) is 20.4 Å². The minimum atomic E-state index is -0.926. The molecule has 166 valence electrons. The van der Waals surface area contributed by atoms with Crippen LogP contribution < -0.4 is 14.8 Å². The summed E-state index contributed by atoms with van der Waals surface area (Å²) in [6.07, 6.45) is 1.10. The summed E-state index contributed by atoms with van der Waals surface area (Å²) in [6, 6.07) is 11.5. The van der Waals surface area contributed by atoms with Crippen LogP contribution in [0.1, 0.15) is 18.1 Å². The van der Waals surface area contributed by atoms with Crippen LogP contribution in [0.4, 0.5) is 4.39 Å². The first-order valence-electron chi connectivity index (χ1n) is 9.56. The first-order valence-corrected chi connectivity index (χ1v) is 9.94. The van der Waals surface area contributed by atoms with Crippen molar-refractivity contribution in [2.45, 2.75) is 13.8 Å². The average molecular weight is 459 g/mol. The van der Waals surface area contributed by atoms with Gasteiger partial charge < -0.3 is 19.6 Å². The van der Waals surface area contributed by atoms with E-state index in [-0.39, 0.29) is 22.9 Å². The fourth-order valence-corrected chi connectivity index (χ4v) is 2.85. The number of benzene rings is 2. The van der Waals surface area contributed by atoms with E-state index in [9.17, 15) is 4.79 Å². The van der Waals surface area contributed by atoms with Crippen LogP contribution >= 0.6 is 11.6 Å². The number of halogens is 2. The molecule has 0 atom stereocenters. The molecule has 0 radical (unpaired) electrons. The Labute approximate surface area is 189 Å². The number of rotatable bonds is 8. The first kappa shape index (κ1) is 23.0. The zero-order valence-electron chi connectivity index (χ0n) is 17.6. The molecular weight excluding hydrogens is 439 g/mol. The summed E-state index contributed by atoms with van der Waals surface area (Å²) in [5.74, 6) is -1.66. The van der Waals surface area contributed by atoms with Crippen LogP contribution in [0.15, 0.2) is 53.9 Å². The second-order valence-corrected chi connectivity index (χ2v) is 6.75. The van der Waals surface area contributed by atoms with Crippen molar-refractivity contribution >= 4 is 23.2 Å². The fourth-order valence-electron chi connectivity index (χ4n) is 2.69. The number of nitrogens with zero attached hydrogens (tertiary/aromatic N) is 3. The molecule has 1 N–H and O–H groups in total. The Morgan fingerprint density at radius 2 is 1.75 bits per heavy atom. The van der Waals surface area contributed by atoms with Crippen LogP contribution in [0.25, 0.3) is 0 Å². The number of carbonyl (C=O) groups excluding carboxylic acids is 1. The SMILES string of the molecule is CCNC(=O)/C(=N\OC)c1ccccc1Oc1ncnc(Oc2cccc(Cl)c2C)c1F. The number of hydrogen-bond acceptors (Lipinski definition) is 7. The average Bonchev–Trinajstić information content (AvgIpc) is 2.78. The van der Waals surface area contributed by atoms with E-state index in [1.54, 1.807) is 56.3 Å². The Morgan fingerprint density at radius 1 is 1.09 bits per heavy atom. The van der Waals surface area contributed by atoms with E-state index < -0.39 is 17.6 Å². The van der Waals surface area contributed by atoms with Crippen LogP contribution in [0.5, 0.6) is 23.3 Å². The van der Waals surface area contributed by atoms with Crippen molar-refractivity contribution in [2.75, 3.05) is 13.7 Å². The van der Waals surface area contributed by atoms with Gasteiger partial charge in [-0.15, -0.1) is 0 Å². The molecule has 2 aromatic carbocycles. The Hall–Kier alpha value is -3.72. The molecule has 0 fully saturated rings. The number of likely N-dealkylation sites (N-methyl/N-ethyl adjacent to an activating group) is 1. The summed E-state index contributed by atoms with van der Waals surface area (Å²) in [6.45, 7) is 3.89. The molecular formula is C22H20ClFN4O4. The Balaban J connectivity index is 1.95. The summed E-state index contributed by atoms with van der Waals surface area (Å²) < 4.78 is 26.4. The van der Waals surface area contributed by atoms with Gasteiger partial charge in [-0.1, -0.05) is 35.0 Å². The van der Waals surface area contributed by atoms with E-state index in [4.69, 9.17) is 25.9 Å². The number of amides is 1. The van der Waals surface area contributed by atoms with Gasteiger partial charge in [0.05, 0.1) is 5.56 Å². The maximum absolute atomic E-state index is 15.1. The Kier molecular flexibility index (Phi) is 7.56. The maximum atomic E-state index is 15.1. The van der Waals surface area contributed by atoms with Crippen LogP contribution in [-0.4, -0.2) is 35.2 Å². The van der Waals surface area contributed by atoms with Gasteiger partial charge in [0, 0.05) is 17.1 Å². The monoisotopic (exact) mass is 458 g/mol. The van der Waals surface area contributed by atoms with Crippen molar-refractivity contribution in [3.63, 3.8) is 0 Å². The van der Waals surface area contributed by atoms with Gasteiger partial charge in [0.25, 0.3) is 17.7 Å². The largest absolute Gasteiger partial charge is 0.436 e. The normalized spacial score (nSPS) is 11.1. The molecule has 0 bridgehead atoms. The van der Waals surface area contributed by atoms with Crippen LogP contribution in [0.2, 0.25) is 5.02 Å². The molecule has 0 aliphatic heterocycles. The van der Waals surface area contributed by atoms with Gasteiger partial charge in [0.2, 0.25) is 5.82 Å². The quantitative estimate of drug-likeness (QED) is 0.390. The highest BCUT2D eigenvalue weighted by Crippen LogP contribution is 2.33. The van der Waals surface area contributed by atoms with E-state index in [1.165, 1.54) is 7.11 Å². The third-order valence-electron chi connectivity index (χ3n) is 4.23.